The number of aryl methyl sites for hydroxylation is 2. The van der Waals surface area contributed by atoms with Gasteiger partial charge in [0.05, 0.1) is 17.4 Å². The van der Waals surface area contributed by atoms with Gasteiger partial charge in [0.15, 0.2) is 5.82 Å². The molecule has 0 saturated carbocycles. The van der Waals surface area contributed by atoms with Gasteiger partial charge in [-0.1, -0.05) is 6.42 Å². The van der Waals surface area contributed by atoms with E-state index in [1.165, 1.54) is 6.07 Å². The van der Waals surface area contributed by atoms with Crippen molar-refractivity contribution in [2.24, 2.45) is 0 Å². The van der Waals surface area contributed by atoms with Crippen LogP contribution in [0.3, 0.4) is 0 Å². The Hall–Kier alpha value is -3.49. The molecule has 0 aliphatic carbocycles. The van der Waals surface area contributed by atoms with E-state index in [1.54, 1.807) is 39.8 Å². The fourth-order valence-electron chi connectivity index (χ4n) is 4.20. The Morgan fingerprint density at radius 1 is 1.18 bits per heavy atom. The minimum atomic E-state index is -0.567. The molecule has 1 amide bonds. The number of nitrogens with one attached hydrogen (secondary N) is 2. The van der Waals surface area contributed by atoms with Crippen molar-refractivity contribution < 1.29 is 18.7 Å². The number of amides is 1. The van der Waals surface area contributed by atoms with E-state index < -0.39 is 17.7 Å². The number of carbonyl (C=O) groups excluding carboxylic acids is 2. The van der Waals surface area contributed by atoms with Gasteiger partial charge in [-0.2, -0.15) is 0 Å². The van der Waals surface area contributed by atoms with E-state index in [0.29, 0.717) is 28.2 Å². The Kier molecular flexibility index (Phi) is 6.31. The second-order valence-electron chi connectivity index (χ2n) is 8.63. The lowest BCUT2D eigenvalue weighted by Gasteiger charge is -2.11. The molecule has 0 spiro atoms. The molecule has 9 heteroatoms. The highest BCUT2D eigenvalue weighted by Gasteiger charge is 2.24. The number of anilines is 1. The molecule has 0 atom stereocenters. The Morgan fingerprint density at radius 3 is 2.73 bits per heavy atom. The first kappa shape index (κ1) is 22.7. The van der Waals surface area contributed by atoms with Crippen LogP contribution in [0.15, 0.2) is 18.2 Å². The van der Waals surface area contributed by atoms with E-state index in [2.05, 4.69) is 25.1 Å². The average molecular weight is 454 g/mol. The molecule has 3 heterocycles. The number of hydrogen-bond acceptors (Lipinski definition) is 5. The van der Waals surface area contributed by atoms with Crippen LogP contribution in [0.25, 0.3) is 11.4 Å². The molecular weight excluding hydrogens is 425 g/mol. The number of aromatic amines is 1. The molecule has 174 valence electrons. The lowest BCUT2D eigenvalue weighted by atomic mass is 10.1. The summed E-state index contributed by atoms with van der Waals surface area (Å²) in [5.41, 5.74) is 2.17. The number of nitrogens with zero attached hydrogens (tertiary/aromatic N) is 3. The van der Waals surface area contributed by atoms with Crippen LogP contribution in [0.4, 0.5) is 10.1 Å². The van der Waals surface area contributed by atoms with Crippen molar-refractivity contribution in [1.29, 1.82) is 0 Å². The minimum absolute atomic E-state index is 0.0291. The number of hydrogen-bond donors (Lipinski definition) is 2. The highest BCUT2D eigenvalue weighted by Crippen LogP contribution is 2.27. The van der Waals surface area contributed by atoms with Gasteiger partial charge in [0.1, 0.15) is 17.3 Å². The van der Waals surface area contributed by atoms with E-state index in [9.17, 15) is 14.0 Å². The summed E-state index contributed by atoms with van der Waals surface area (Å²) < 4.78 is 21.9. The van der Waals surface area contributed by atoms with E-state index in [-0.39, 0.29) is 17.5 Å². The summed E-state index contributed by atoms with van der Waals surface area (Å²) in [6, 6.07) is 4.51. The van der Waals surface area contributed by atoms with Gasteiger partial charge in [-0.15, -0.1) is 10.2 Å². The van der Waals surface area contributed by atoms with Gasteiger partial charge in [0, 0.05) is 24.2 Å². The fourth-order valence-corrected chi connectivity index (χ4v) is 4.20. The number of carbonyl (C=O) groups is 2. The summed E-state index contributed by atoms with van der Waals surface area (Å²) in [6.45, 7) is 7.68. The van der Waals surface area contributed by atoms with Crippen LogP contribution in [-0.4, -0.2) is 37.7 Å². The monoisotopic (exact) mass is 453 g/mol. The van der Waals surface area contributed by atoms with E-state index >= 15 is 0 Å². The number of benzene rings is 1. The van der Waals surface area contributed by atoms with Crippen LogP contribution in [0, 0.1) is 19.7 Å². The lowest BCUT2D eigenvalue weighted by molar-refractivity contribution is 0.0376. The molecule has 1 aromatic carbocycles. The number of halogens is 1. The zero-order chi connectivity index (χ0) is 23.7. The zero-order valence-corrected chi connectivity index (χ0v) is 19.3. The molecule has 0 radical (unpaired) electrons. The van der Waals surface area contributed by atoms with Crippen LogP contribution in [-0.2, 0) is 17.7 Å². The standard InChI is InChI=1S/C24H28FN5O3/c1-13(2)33-24(32)20-14(3)21(26-15(20)4)23(31)27-18-12-16(9-10-17(18)25)22-29-28-19-8-6-5-7-11-30(19)22/h9-10,12-13,26H,5-8,11H2,1-4H3,(H,27,31). The van der Waals surface area contributed by atoms with Crippen LogP contribution < -0.4 is 5.32 Å². The van der Waals surface area contributed by atoms with E-state index in [0.717, 1.165) is 38.1 Å². The van der Waals surface area contributed by atoms with Gasteiger partial charge in [0.25, 0.3) is 5.91 Å². The average Bonchev–Trinajstić information content (AvgIpc) is 3.19. The molecule has 4 rings (SSSR count). The summed E-state index contributed by atoms with van der Waals surface area (Å²) in [7, 11) is 0. The van der Waals surface area contributed by atoms with Crippen LogP contribution in [0.5, 0.6) is 0 Å². The van der Waals surface area contributed by atoms with Crippen LogP contribution >= 0.6 is 0 Å². The molecule has 1 aliphatic rings. The maximum atomic E-state index is 14.6. The topological polar surface area (TPSA) is 102 Å². The second-order valence-corrected chi connectivity index (χ2v) is 8.63. The Balaban J connectivity index is 1.61. The van der Waals surface area contributed by atoms with Gasteiger partial charge in [0.2, 0.25) is 0 Å². The Bertz CT molecular complexity index is 1210. The molecular formula is C24H28FN5O3. The van der Waals surface area contributed by atoms with Crippen molar-refractivity contribution in [3.8, 4) is 11.4 Å². The van der Waals surface area contributed by atoms with Gasteiger partial charge in [-0.3, -0.25) is 4.79 Å². The third-order valence-electron chi connectivity index (χ3n) is 5.79. The number of H-pyrrole nitrogens is 1. The molecule has 0 bridgehead atoms. The smallest absolute Gasteiger partial charge is 0.340 e. The quantitative estimate of drug-likeness (QED) is 0.551. The maximum absolute atomic E-state index is 14.6. The summed E-state index contributed by atoms with van der Waals surface area (Å²) in [5, 5.41) is 11.2. The van der Waals surface area contributed by atoms with Crippen LogP contribution in [0.1, 0.15) is 71.0 Å². The fraction of sp³-hybridized carbons (Fsp3) is 0.417. The summed E-state index contributed by atoms with van der Waals surface area (Å²) >= 11 is 0. The van der Waals surface area contributed by atoms with Crippen molar-refractivity contribution in [1.82, 2.24) is 19.7 Å². The molecule has 0 saturated heterocycles. The molecule has 1 aliphatic heterocycles. The number of aromatic nitrogens is 4. The lowest BCUT2D eigenvalue weighted by Crippen LogP contribution is -2.16. The third kappa shape index (κ3) is 4.53. The first-order valence-corrected chi connectivity index (χ1v) is 11.2. The van der Waals surface area contributed by atoms with E-state index in [1.807, 2.05) is 0 Å². The largest absolute Gasteiger partial charge is 0.459 e. The molecule has 2 aromatic heterocycles. The minimum Gasteiger partial charge on any atom is -0.459 e. The van der Waals surface area contributed by atoms with Gasteiger partial charge >= 0.3 is 5.97 Å². The summed E-state index contributed by atoms with van der Waals surface area (Å²) in [4.78, 5) is 28.3. The molecule has 0 fully saturated rings. The first-order valence-electron chi connectivity index (χ1n) is 11.2. The zero-order valence-electron chi connectivity index (χ0n) is 19.3. The third-order valence-corrected chi connectivity index (χ3v) is 5.79. The van der Waals surface area contributed by atoms with Gasteiger partial charge in [-0.05, 0) is 64.3 Å². The maximum Gasteiger partial charge on any atom is 0.340 e. The van der Waals surface area contributed by atoms with Crippen molar-refractivity contribution in [2.45, 2.75) is 66.0 Å². The Morgan fingerprint density at radius 2 is 1.97 bits per heavy atom. The van der Waals surface area contributed by atoms with Crippen LogP contribution in [0.2, 0.25) is 0 Å². The molecule has 8 nitrogen and oxygen atoms in total. The van der Waals surface area contributed by atoms with Crippen molar-refractivity contribution in [3.63, 3.8) is 0 Å². The van der Waals surface area contributed by atoms with E-state index in [4.69, 9.17) is 4.74 Å². The predicted octanol–water partition coefficient (Wildman–Crippen LogP) is 4.57. The van der Waals surface area contributed by atoms with Crippen molar-refractivity contribution in [3.05, 3.63) is 52.4 Å². The summed E-state index contributed by atoms with van der Waals surface area (Å²) in [5.74, 6) is -0.0295. The predicted molar refractivity (Wildman–Crippen MR) is 122 cm³/mol. The summed E-state index contributed by atoms with van der Waals surface area (Å²) in [6.07, 6.45) is 3.83. The van der Waals surface area contributed by atoms with Gasteiger partial charge < -0.3 is 19.6 Å². The highest BCUT2D eigenvalue weighted by molar-refractivity contribution is 6.07. The highest BCUT2D eigenvalue weighted by atomic mass is 19.1. The molecule has 0 unspecified atom stereocenters. The molecule has 33 heavy (non-hydrogen) atoms. The van der Waals surface area contributed by atoms with Crippen molar-refractivity contribution in [2.75, 3.05) is 5.32 Å². The SMILES string of the molecule is Cc1[nH]c(C(=O)Nc2cc(-c3nnc4n3CCCCC4)ccc2F)c(C)c1C(=O)OC(C)C. The normalized spacial score (nSPS) is 13.5. The number of fused-ring (bicyclic) bond motifs is 1. The first-order chi connectivity index (χ1) is 15.8. The molecule has 2 N–H and O–H groups in total. The Labute approximate surface area is 191 Å². The second kappa shape index (κ2) is 9.17. The number of rotatable bonds is 5. The van der Waals surface area contributed by atoms with Crippen molar-refractivity contribution >= 4 is 17.6 Å². The number of ether oxygens (including phenoxy) is 1. The van der Waals surface area contributed by atoms with Gasteiger partial charge in [-0.25, -0.2) is 9.18 Å². The number of esters is 1. The molecule has 3 aromatic rings.